The fourth-order valence-electron chi connectivity index (χ4n) is 2.96. The quantitative estimate of drug-likeness (QED) is 0.913. The molecule has 0 spiro atoms. The van der Waals surface area contributed by atoms with Crippen LogP contribution in [0, 0.1) is 5.92 Å². The van der Waals surface area contributed by atoms with Gasteiger partial charge in [-0.1, -0.05) is 17.3 Å². The number of nitrogens with zero attached hydrogens (tertiary/aromatic N) is 2. The molecule has 1 fully saturated rings. The van der Waals surface area contributed by atoms with Gasteiger partial charge in [0.15, 0.2) is 5.58 Å². The van der Waals surface area contributed by atoms with Gasteiger partial charge in [-0.15, -0.1) is 0 Å². The van der Waals surface area contributed by atoms with Crippen LogP contribution >= 0.6 is 0 Å². The number of benzene rings is 1. The number of fused-ring (bicyclic) bond motifs is 1. The van der Waals surface area contributed by atoms with Crippen molar-refractivity contribution in [1.29, 1.82) is 0 Å². The Kier molecular flexibility index (Phi) is 4.11. The average Bonchev–Trinajstić information content (AvgIpc) is 2.90. The van der Waals surface area contributed by atoms with E-state index in [2.05, 4.69) is 5.16 Å². The van der Waals surface area contributed by atoms with Crippen molar-refractivity contribution in [2.75, 3.05) is 6.54 Å². The molecule has 124 valence electrons. The Bertz CT molecular complexity index is 829. The lowest BCUT2D eigenvalue weighted by Crippen LogP contribution is -2.47. The number of carboxylic acids is 1. The van der Waals surface area contributed by atoms with Gasteiger partial charge in [0.2, 0.25) is 10.0 Å². The SMILES string of the molecule is CC1CCC(C(=O)O)CN1S(=O)(=O)Cc1noc2ccccc12. The molecule has 1 aromatic heterocycles. The zero-order chi connectivity index (χ0) is 16.6. The van der Waals surface area contributed by atoms with E-state index in [1.54, 1.807) is 31.2 Å². The van der Waals surface area contributed by atoms with E-state index in [-0.39, 0.29) is 18.3 Å². The highest BCUT2D eigenvalue weighted by Gasteiger charge is 2.37. The maximum Gasteiger partial charge on any atom is 0.307 e. The number of aromatic nitrogens is 1. The Morgan fingerprint density at radius 2 is 2.13 bits per heavy atom. The molecule has 3 rings (SSSR count). The standard InChI is InChI=1S/C15H18N2O5S/c1-10-6-7-11(15(18)19)8-17(10)23(20,21)9-13-12-4-2-3-5-14(12)22-16-13/h2-5,10-11H,6-9H2,1H3,(H,18,19). The number of hydrogen-bond acceptors (Lipinski definition) is 5. The second-order valence-electron chi connectivity index (χ2n) is 5.91. The van der Waals surface area contributed by atoms with Crippen LogP contribution in [-0.4, -0.2) is 41.5 Å². The normalized spacial score (nSPS) is 23.2. The van der Waals surface area contributed by atoms with Gasteiger partial charge in [0.25, 0.3) is 0 Å². The van der Waals surface area contributed by atoms with Gasteiger partial charge >= 0.3 is 5.97 Å². The molecule has 0 amide bonds. The van der Waals surface area contributed by atoms with Crippen molar-refractivity contribution >= 4 is 27.0 Å². The van der Waals surface area contributed by atoms with E-state index < -0.39 is 21.9 Å². The van der Waals surface area contributed by atoms with E-state index >= 15 is 0 Å². The third-order valence-electron chi connectivity index (χ3n) is 4.30. The summed E-state index contributed by atoms with van der Waals surface area (Å²) < 4.78 is 31.9. The molecule has 0 saturated carbocycles. The molecular formula is C15H18N2O5S. The summed E-state index contributed by atoms with van der Waals surface area (Å²) in [6.45, 7) is 1.81. The second-order valence-corrected chi connectivity index (χ2v) is 7.83. The molecule has 1 N–H and O–H groups in total. The van der Waals surface area contributed by atoms with Crippen LogP contribution < -0.4 is 0 Å². The molecular weight excluding hydrogens is 320 g/mol. The van der Waals surface area contributed by atoms with Gasteiger partial charge in [0.1, 0.15) is 11.4 Å². The Morgan fingerprint density at radius 3 is 2.87 bits per heavy atom. The molecule has 1 aromatic carbocycles. The van der Waals surface area contributed by atoms with E-state index in [9.17, 15) is 13.2 Å². The van der Waals surface area contributed by atoms with Crippen LogP contribution in [0.1, 0.15) is 25.5 Å². The zero-order valence-electron chi connectivity index (χ0n) is 12.7. The van der Waals surface area contributed by atoms with Crippen molar-refractivity contribution < 1.29 is 22.8 Å². The van der Waals surface area contributed by atoms with E-state index in [1.807, 2.05) is 0 Å². The van der Waals surface area contributed by atoms with Crippen molar-refractivity contribution in [2.45, 2.75) is 31.6 Å². The molecule has 1 aliphatic rings. The Labute approximate surface area is 133 Å². The molecule has 0 radical (unpaired) electrons. The van der Waals surface area contributed by atoms with Crippen molar-refractivity contribution in [3.8, 4) is 0 Å². The molecule has 2 heterocycles. The number of carboxylic acid groups (broad SMARTS) is 1. The number of sulfonamides is 1. The van der Waals surface area contributed by atoms with Gasteiger partial charge in [-0.3, -0.25) is 4.79 Å². The van der Waals surface area contributed by atoms with Gasteiger partial charge in [-0.2, -0.15) is 4.31 Å². The number of aliphatic carboxylic acids is 1. The minimum atomic E-state index is -3.67. The Morgan fingerprint density at radius 1 is 1.39 bits per heavy atom. The molecule has 0 aliphatic carbocycles. The summed E-state index contributed by atoms with van der Waals surface area (Å²) >= 11 is 0. The summed E-state index contributed by atoms with van der Waals surface area (Å²) in [6.07, 6.45) is 1.03. The van der Waals surface area contributed by atoms with Crippen molar-refractivity contribution in [1.82, 2.24) is 9.46 Å². The van der Waals surface area contributed by atoms with Crippen molar-refractivity contribution in [3.05, 3.63) is 30.0 Å². The number of rotatable bonds is 4. The van der Waals surface area contributed by atoms with E-state index in [1.165, 1.54) is 4.31 Å². The third kappa shape index (κ3) is 3.09. The van der Waals surface area contributed by atoms with Gasteiger partial charge in [-0.25, -0.2) is 8.42 Å². The van der Waals surface area contributed by atoms with Crippen molar-refractivity contribution in [3.63, 3.8) is 0 Å². The highest BCUT2D eigenvalue weighted by atomic mass is 32.2. The molecule has 2 atom stereocenters. The van der Waals surface area contributed by atoms with Crippen LogP contribution in [0.25, 0.3) is 11.0 Å². The summed E-state index contributed by atoms with van der Waals surface area (Å²) in [7, 11) is -3.67. The van der Waals surface area contributed by atoms with Crippen molar-refractivity contribution in [2.24, 2.45) is 5.92 Å². The lowest BCUT2D eigenvalue weighted by atomic mass is 9.96. The lowest BCUT2D eigenvalue weighted by molar-refractivity contribution is -0.143. The molecule has 1 saturated heterocycles. The van der Waals surface area contributed by atoms with E-state index in [0.29, 0.717) is 29.5 Å². The van der Waals surface area contributed by atoms with Gasteiger partial charge in [0, 0.05) is 18.0 Å². The Hall–Kier alpha value is -1.93. The summed E-state index contributed by atoms with van der Waals surface area (Å²) in [4.78, 5) is 11.2. The lowest BCUT2D eigenvalue weighted by Gasteiger charge is -2.35. The topological polar surface area (TPSA) is 101 Å². The first-order chi connectivity index (χ1) is 10.9. The van der Waals surface area contributed by atoms with Gasteiger partial charge in [0.05, 0.1) is 5.92 Å². The summed E-state index contributed by atoms with van der Waals surface area (Å²) in [6, 6.07) is 6.85. The van der Waals surface area contributed by atoms with Crippen LogP contribution in [0.2, 0.25) is 0 Å². The van der Waals surface area contributed by atoms with Gasteiger partial charge in [-0.05, 0) is 31.9 Å². The van der Waals surface area contributed by atoms with Crippen LogP contribution in [0.3, 0.4) is 0 Å². The van der Waals surface area contributed by atoms with E-state index in [4.69, 9.17) is 9.63 Å². The number of piperidine rings is 1. The number of carbonyl (C=O) groups is 1. The smallest absolute Gasteiger partial charge is 0.307 e. The third-order valence-corrected chi connectivity index (χ3v) is 6.16. The molecule has 2 aromatic rings. The fraction of sp³-hybridized carbons (Fsp3) is 0.467. The average molecular weight is 338 g/mol. The highest BCUT2D eigenvalue weighted by Crippen LogP contribution is 2.28. The second kappa shape index (κ2) is 5.93. The minimum Gasteiger partial charge on any atom is -0.481 e. The maximum absolute atomic E-state index is 12.7. The van der Waals surface area contributed by atoms with Crippen LogP contribution in [-0.2, 0) is 20.6 Å². The monoisotopic (exact) mass is 338 g/mol. The van der Waals surface area contributed by atoms with Crippen LogP contribution in [0.5, 0.6) is 0 Å². The van der Waals surface area contributed by atoms with Crippen LogP contribution in [0.15, 0.2) is 28.8 Å². The summed E-state index contributed by atoms with van der Waals surface area (Å²) in [5, 5.41) is 13.7. The minimum absolute atomic E-state index is 0.00855. The largest absolute Gasteiger partial charge is 0.481 e. The number of para-hydroxylation sites is 1. The Balaban J connectivity index is 1.87. The highest BCUT2D eigenvalue weighted by molar-refractivity contribution is 7.88. The fourth-order valence-corrected chi connectivity index (χ4v) is 4.74. The molecule has 7 nitrogen and oxygen atoms in total. The molecule has 2 unspecified atom stereocenters. The zero-order valence-corrected chi connectivity index (χ0v) is 13.5. The van der Waals surface area contributed by atoms with Gasteiger partial charge < -0.3 is 9.63 Å². The van der Waals surface area contributed by atoms with E-state index in [0.717, 1.165) is 0 Å². The summed E-state index contributed by atoms with van der Waals surface area (Å²) in [5.41, 5.74) is 0.887. The molecule has 0 bridgehead atoms. The molecule has 23 heavy (non-hydrogen) atoms. The first-order valence-corrected chi connectivity index (χ1v) is 9.05. The predicted octanol–water partition coefficient (Wildman–Crippen LogP) is 1.84. The maximum atomic E-state index is 12.7. The predicted molar refractivity (Wildman–Crippen MR) is 83.2 cm³/mol. The van der Waals surface area contributed by atoms with Crippen LogP contribution in [0.4, 0.5) is 0 Å². The first-order valence-electron chi connectivity index (χ1n) is 7.44. The summed E-state index contributed by atoms with van der Waals surface area (Å²) in [5.74, 6) is -1.90. The molecule has 1 aliphatic heterocycles. The molecule has 8 heteroatoms. The number of hydrogen-bond donors (Lipinski definition) is 1. The first kappa shape index (κ1) is 15.9.